The molecule has 0 bridgehead atoms. The van der Waals surface area contributed by atoms with Gasteiger partial charge < -0.3 is 34.6 Å². The number of anilines is 1. The SMILES string of the molecule is COc1ccc([C@@H]2CN(C(=O)[C@@H](O)CO)C[C@@]2(C)[C@@H](C)O)cc1OC1CN(c2cccc(C)c2/C=C/C#N)C1. The van der Waals surface area contributed by atoms with Crippen LogP contribution in [0.25, 0.3) is 6.08 Å². The molecule has 9 nitrogen and oxygen atoms in total. The number of rotatable bonds is 9. The molecule has 0 unspecified atom stereocenters. The van der Waals surface area contributed by atoms with E-state index in [0.29, 0.717) is 31.1 Å². The summed E-state index contributed by atoms with van der Waals surface area (Å²) in [6.07, 6.45) is 1.03. The summed E-state index contributed by atoms with van der Waals surface area (Å²) in [5.41, 5.74) is 3.38. The Morgan fingerprint density at radius 1 is 1.23 bits per heavy atom. The van der Waals surface area contributed by atoms with Crippen molar-refractivity contribution in [3.63, 3.8) is 0 Å². The molecule has 2 aliphatic heterocycles. The molecular weight excluding hydrogens is 498 g/mol. The van der Waals surface area contributed by atoms with E-state index in [2.05, 4.69) is 11.0 Å². The third-order valence-corrected chi connectivity index (χ3v) is 8.15. The maximum atomic E-state index is 12.6. The summed E-state index contributed by atoms with van der Waals surface area (Å²) in [4.78, 5) is 16.4. The van der Waals surface area contributed by atoms with E-state index in [1.54, 1.807) is 14.0 Å². The summed E-state index contributed by atoms with van der Waals surface area (Å²) in [6.45, 7) is 6.89. The smallest absolute Gasteiger partial charge is 0.253 e. The predicted molar refractivity (Wildman–Crippen MR) is 148 cm³/mol. The van der Waals surface area contributed by atoms with Crippen LogP contribution in [0.5, 0.6) is 11.5 Å². The van der Waals surface area contributed by atoms with Crippen LogP contribution < -0.4 is 14.4 Å². The van der Waals surface area contributed by atoms with Crippen molar-refractivity contribution in [2.45, 2.75) is 45.0 Å². The summed E-state index contributed by atoms with van der Waals surface area (Å²) in [5, 5.41) is 38.8. The number of nitrogens with zero attached hydrogens (tertiary/aromatic N) is 3. The molecule has 0 radical (unpaired) electrons. The Bertz CT molecular complexity index is 1270. The highest BCUT2D eigenvalue weighted by molar-refractivity contribution is 5.81. The van der Waals surface area contributed by atoms with Crippen LogP contribution in [0.15, 0.2) is 42.5 Å². The first kappa shape index (κ1) is 28.4. The van der Waals surface area contributed by atoms with Gasteiger partial charge in [0.15, 0.2) is 17.6 Å². The fourth-order valence-corrected chi connectivity index (χ4v) is 5.55. The minimum absolute atomic E-state index is 0.0769. The lowest BCUT2D eigenvalue weighted by atomic mass is 9.72. The van der Waals surface area contributed by atoms with Gasteiger partial charge in [-0.3, -0.25) is 4.79 Å². The zero-order valence-electron chi connectivity index (χ0n) is 22.9. The highest BCUT2D eigenvalue weighted by Crippen LogP contribution is 2.47. The van der Waals surface area contributed by atoms with Gasteiger partial charge in [-0.2, -0.15) is 5.26 Å². The zero-order chi connectivity index (χ0) is 28.3. The first-order valence-corrected chi connectivity index (χ1v) is 13.1. The molecule has 0 aliphatic carbocycles. The van der Waals surface area contributed by atoms with Gasteiger partial charge in [0.1, 0.15) is 6.10 Å². The van der Waals surface area contributed by atoms with E-state index in [1.807, 2.05) is 56.3 Å². The Labute approximate surface area is 229 Å². The fraction of sp³-hybridized carbons (Fsp3) is 0.467. The number of amides is 1. The molecule has 39 heavy (non-hydrogen) atoms. The number of carbonyl (C=O) groups is 1. The third-order valence-electron chi connectivity index (χ3n) is 8.15. The highest BCUT2D eigenvalue weighted by atomic mass is 16.5. The maximum Gasteiger partial charge on any atom is 0.253 e. The Balaban J connectivity index is 1.54. The van der Waals surface area contributed by atoms with E-state index in [0.717, 1.165) is 22.4 Å². The average molecular weight is 536 g/mol. The van der Waals surface area contributed by atoms with Crippen molar-refractivity contribution >= 4 is 17.7 Å². The van der Waals surface area contributed by atoms with Gasteiger partial charge in [0.05, 0.1) is 39.0 Å². The number of methoxy groups -OCH3 is 1. The molecule has 2 aliphatic rings. The van der Waals surface area contributed by atoms with Gasteiger partial charge in [-0.05, 0) is 49.2 Å². The second kappa shape index (κ2) is 11.7. The van der Waals surface area contributed by atoms with Crippen molar-refractivity contribution in [3.05, 3.63) is 59.2 Å². The minimum atomic E-state index is -1.48. The van der Waals surface area contributed by atoms with Crippen molar-refractivity contribution in [2.75, 3.05) is 44.8 Å². The van der Waals surface area contributed by atoms with Gasteiger partial charge in [-0.25, -0.2) is 0 Å². The molecule has 2 heterocycles. The summed E-state index contributed by atoms with van der Waals surface area (Å²) in [7, 11) is 1.58. The van der Waals surface area contributed by atoms with Gasteiger partial charge >= 0.3 is 0 Å². The van der Waals surface area contributed by atoms with Gasteiger partial charge in [-0.1, -0.05) is 25.1 Å². The summed E-state index contributed by atoms with van der Waals surface area (Å²) < 4.78 is 12.0. The largest absolute Gasteiger partial charge is 0.493 e. The number of ether oxygens (including phenoxy) is 2. The lowest BCUT2D eigenvalue weighted by Crippen LogP contribution is -2.54. The van der Waals surface area contributed by atoms with Crippen LogP contribution in [0.2, 0.25) is 0 Å². The van der Waals surface area contributed by atoms with Crippen LogP contribution in [0.3, 0.4) is 0 Å². The van der Waals surface area contributed by atoms with Gasteiger partial charge in [0, 0.05) is 41.7 Å². The summed E-state index contributed by atoms with van der Waals surface area (Å²) >= 11 is 0. The van der Waals surface area contributed by atoms with Crippen LogP contribution in [0.1, 0.15) is 36.5 Å². The Morgan fingerprint density at radius 2 is 1.97 bits per heavy atom. The molecule has 208 valence electrons. The topological polar surface area (TPSA) is 126 Å². The molecule has 1 amide bonds. The molecule has 2 fully saturated rings. The van der Waals surface area contributed by atoms with Gasteiger partial charge in [-0.15, -0.1) is 0 Å². The maximum absolute atomic E-state index is 12.6. The molecule has 0 aromatic heterocycles. The normalized spacial score (nSPS) is 22.9. The second-order valence-electron chi connectivity index (χ2n) is 10.7. The van der Waals surface area contributed by atoms with Crippen LogP contribution in [-0.4, -0.2) is 84.3 Å². The second-order valence-corrected chi connectivity index (χ2v) is 10.7. The number of hydrogen-bond acceptors (Lipinski definition) is 8. The van der Waals surface area contributed by atoms with Gasteiger partial charge in [0.25, 0.3) is 5.91 Å². The standard InChI is InChI=1S/C30H37N3O6/c1-19-7-5-9-25(23(19)8-6-12-31)32-14-22(15-32)39-28-13-21(10-11-27(28)38-4)24-16-33(29(37)26(36)17-34)18-30(24,3)20(2)35/h5-11,13,20,22,24,26,34-36H,14-18H2,1-4H3/b8-6+/t20-,24+,26+,30+/m1/s1. The highest BCUT2D eigenvalue weighted by Gasteiger charge is 2.49. The number of aliphatic hydroxyl groups is 3. The monoisotopic (exact) mass is 535 g/mol. The first-order valence-electron chi connectivity index (χ1n) is 13.1. The molecule has 0 spiro atoms. The van der Waals surface area contributed by atoms with E-state index in [1.165, 1.54) is 11.0 Å². The van der Waals surface area contributed by atoms with Crippen LogP contribution in [0, 0.1) is 23.7 Å². The first-order chi connectivity index (χ1) is 18.6. The molecule has 2 aromatic rings. The Kier molecular flexibility index (Phi) is 8.50. The predicted octanol–water partition coefficient (Wildman–Crippen LogP) is 2.47. The van der Waals surface area contributed by atoms with Crippen LogP contribution in [0.4, 0.5) is 5.69 Å². The lowest BCUT2D eigenvalue weighted by Gasteiger charge is -2.42. The molecule has 2 saturated heterocycles. The van der Waals surface area contributed by atoms with E-state index in [-0.39, 0.29) is 18.6 Å². The fourth-order valence-electron chi connectivity index (χ4n) is 5.55. The number of likely N-dealkylation sites (tertiary alicyclic amines) is 1. The zero-order valence-corrected chi connectivity index (χ0v) is 22.9. The quantitative estimate of drug-likeness (QED) is 0.418. The van der Waals surface area contributed by atoms with Crippen LogP contribution in [-0.2, 0) is 4.79 Å². The van der Waals surface area contributed by atoms with Crippen molar-refractivity contribution in [1.82, 2.24) is 4.90 Å². The van der Waals surface area contributed by atoms with Crippen molar-refractivity contribution in [1.29, 1.82) is 5.26 Å². The van der Waals surface area contributed by atoms with E-state index >= 15 is 0 Å². The summed E-state index contributed by atoms with van der Waals surface area (Å²) in [5.74, 6) is 0.402. The number of nitriles is 1. The number of allylic oxidation sites excluding steroid dienone is 1. The molecule has 0 saturated carbocycles. The molecule has 9 heteroatoms. The van der Waals surface area contributed by atoms with Crippen molar-refractivity contribution in [2.24, 2.45) is 5.41 Å². The number of benzene rings is 2. The van der Waals surface area contributed by atoms with E-state index < -0.39 is 30.1 Å². The third kappa shape index (κ3) is 5.59. The minimum Gasteiger partial charge on any atom is -0.493 e. The van der Waals surface area contributed by atoms with Crippen molar-refractivity contribution in [3.8, 4) is 17.6 Å². The van der Waals surface area contributed by atoms with Gasteiger partial charge in [0.2, 0.25) is 0 Å². The van der Waals surface area contributed by atoms with E-state index in [4.69, 9.17) is 14.7 Å². The number of carbonyl (C=O) groups excluding carboxylic acids is 1. The average Bonchev–Trinajstić information content (AvgIpc) is 3.27. The molecule has 4 rings (SSSR count). The number of aryl methyl sites for hydroxylation is 1. The molecule has 2 aromatic carbocycles. The number of aliphatic hydroxyl groups excluding tert-OH is 3. The lowest BCUT2D eigenvalue weighted by molar-refractivity contribution is -0.141. The Morgan fingerprint density at radius 3 is 2.62 bits per heavy atom. The summed E-state index contributed by atoms with van der Waals surface area (Å²) in [6, 6.07) is 13.8. The van der Waals surface area contributed by atoms with Crippen LogP contribution >= 0.6 is 0 Å². The number of hydrogen-bond donors (Lipinski definition) is 3. The molecular formula is C30H37N3O6. The van der Waals surface area contributed by atoms with Crippen molar-refractivity contribution < 1.29 is 29.6 Å². The Hall–Kier alpha value is -3.58. The molecule has 4 atom stereocenters. The van der Waals surface area contributed by atoms with E-state index in [9.17, 15) is 20.1 Å². The molecule has 3 N–H and O–H groups in total.